The summed E-state index contributed by atoms with van der Waals surface area (Å²) >= 11 is 0. The van der Waals surface area contributed by atoms with Crippen LogP contribution in [0.2, 0.25) is 0 Å². The highest BCUT2D eigenvalue weighted by atomic mass is 16.3. The monoisotopic (exact) mass is 356 g/mol. The van der Waals surface area contributed by atoms with Gasteiger partial charge in [0.15, 0.2) is 11.2 Å². The number of hydrazone groups is 1. The number of nitrogens with one attached hydrogen (secondary N) is 2. The third kappa shape index (κ3) is 3.37. The number of aromatic hydroxyl groups is 1. The lowest BCUT2D eigenvalue weighted by Gasteiger charge is -2.06. The van der Waals surface area contributed by atoms with E-state index < -0.39 is 11.2 Å². The van der Waals surface area contributed by atoms with Crippen molar-refractivity contribution in [2.24, 2.45) is 12.1 Å². The van der Waals surface area contributed by atoms with Crippen LogP contribution in [0.1, 0.15) is 25.3 Å². The highest BCUT2D eigenvalue weighted by Crippen LogP contribution is 2.16. The topological polar surface area (TPSA) is 117 Å². The molecule has 9 nitrogen and oxygen atoms in total. The molecule has 0 saturated heterocycles. The van der Waals surface area contributed by atoms with Crippen molar-refractivity contribution in [2.75, 3.05) is 5.43 Å². The number of H-pyrrole nitrogens is 1. The van der Waals surface area contributed by atoms with Gasteiger partial charge in [-0.2, -0.15) is 10.1 Å². The molecule has 0 unspecified atom stereocenters. The second kappa shape index (κ2) is 7.26. The summed E-state index contributed by atoms with van der Waals surface area (Å²) in [5.74, 6) is 0.516. The summed E-state index contributed by atoms with van der Waals surface area (Å²) in [6.07, 6.45) is 3.32. The van der Waals surface area contributed by atoms with Crippen molar-refractivity contribution in [2.45, 2.75) is 26.3 Å². The fourth-order valence-electron chi connectivity index (χ4n) is 2.62. The van der Waals surface area contributed by atoms with Crippen molar-refractivity contribution in [3.63, 3.8) is 0 Å². The summed E-state index contributed by atoms with van der Waals surface area (Å²) in [7, 11) is 1.55. The van der Waals surface area contributed by atoms with Crippen LogP contribution in [0, 0.1) is 0 Å². The Morgan fingerprint density at radius 1 is 1.38 bits per heavy atom. The highest BCUT2D eigenvalue weighted by Gasteiger charge is 2.16. The van der Waals surface area contributed by atoms with Crippen LogP contribution in [-0.4, -0.2) is 30.4 Å². The number of nitrogens with zero attached hydrogens (tertiary/aromatic N) is 4. The largest absolute Gasteiger partial charge is 0.508 e. The van der Waals surface area contributed by atoms with Gasteiger partial charge in [0.2, 0.25) is 5.95 Å². The number of fused-ring (bicyclic) bond motifs is 1. The van der Waals surface area contributed by atoms with Crippen molar-refractivity contribution in [1.82, 2.24) is 19.1 Å². The molecule has 26 heavy (non-hydrogen) atoms. The van der Waals surface area contributed by atoms with E-state index in [1.165, 1.54) is 10.8 Å². The number of hydrogen-bond acceptors (Lipinski definition) is 6. The molecular formula is C17H20N6O3. The molecule has 0 radical (unpaired) electrons. The van der Waals surface area contributed by atoms with E-state index >= 15 is 0 Å². The average Bonchev–Trinajstić information content (AvgIpc) is 2.97. The summed E-state index contributed by atoms with van der Waals surface area (Å²) in [5.41, 5.74) is 3.17. The van der Waals surface area contributed by atoms with Crippen LogP contribution < -0.4 is 16.7 Å². The first-order valence-electron chi connectivity index (χ1n) is 8.29. The number of rotatable bonds is 6. The van der Waals surface area contributed by atoms with E-state index in [0.29, 0.717) is 29.2 Å². The van der Waals surface area contributed by atoms with Gasteiger partial charge < -0.3 is 9.67 Å². The maximum Gasteiger partial charge on any atom is 0.329 e. The molecule has 0 aliphatic carbocycles. The number of benzene rings is 1. The SMILES string of the molecule is CCCCn1c(N/N=C/c2cccc(O)c2)nc2c1c(=O)[nH]c(=O)n2C. The molecule has 0 fully saturated rings. The van der Waals surface area contributed by atoms with Gasteiger partial charge in [0.1, 0.15) is 5.75 Å². The van der Waals surface area contributed by atoms with Gasteiger partial charge in [0.05, 0.1) is 6.21 Å². The van der Waals surface area contributed by atoms with Crippen molar-refractivity contribution in [3.8, 4) is 5.75 Å². The minimum absolute atomic E-state index is 0.144. The zero-order valence-electron chi connectivity index (χ0n) is 14.6. The van der Waals surface area contributed by atoms with Gasteiger partial charge in [-0.1, -0.05) is 25.5 Å². The first-order valence-corrected chi connectivity index (χ1v) is 8.29. The van der Waals surface area contributed by atoms with Crippen molar-refractivity contribution in [1.29, 1.82) is 0 Å². The first kappa shape index (κ1) is 17.5. The normalized spacial score (nSPS) is 11.5. The molecule has 2 aromatic heterocycles. The maximum absolute atomic E-state index is 12.3. The Bertz CT molecular complexity index is 1080. The van der Waals surface area contributed by atoms with Crippen LogP contribution >= 0.6 is 0 Å². The molecule has 2 heterocycles. The minimum atomic E-state index is -0.516. The number of aryl methyl sites for hydroxylation is 2. The quantitative estimate of drug-likeness (QED) is 0.455. The lowest BCUT2D eigenvalue weighted by molar-refractivity contribution is 0.475. The molecule has 1 aromatic carbocycles. The third-order valence-electron chi connectivity index (χ3n) is 3.99. The predicted octanol–water partition coefficient (Wildman–Crippen LogP) is 1.37. The van der Waals surface area contributed by atoms with Crippen LogP contribution in [0.3, 0.4) is 0 Å². The van der Waals surface area contributed by atoms with Gasteiger partial charge >= 0.3 is 5.69 Å². The van der Waals surface area contributed by atoms with Gasteiger partial charge in [-0.3, -0.25) is 14.3 Å². The van der Waals surface area contributed by atoms with Crippen molar-refractivity contribution in [3.05, 3.63) is 50.7 Å². The number of anilines is 1. The Morgan fingerprint density at radius 3 is 2.92 bits per heavy atom. The summed E-state index contributed by atoms with van der Waals surface area (Å²) in [6.45, 7) is 2.62. The summed E-state index contributed by atoms with van der Waals surface area (Å²) in [5, 5.41) is 13.6. The molecule has 0 amide bonds. The number of aromatic amines is 1. The van der Waals surface area contributed by atoms with E-state index in [9.17, 15) is 14.7 Å². The Labute approximate surface area is 148 Å². The summed E-state index contributed by atoms with van der Waals surface area (Å²) in [6, 6.07) is 6.64. The van der Waals surface area contributed by atoms with Gasteiger partial charge in [-0.25, -0.2) is 10.2 Å². The fraction of sp³-hybridized carbons (Fsp3) is 0.294. The van der Waals surface area contributed by atoms with Crippen LogP contribution in [-0.2, 0) is 13.6 Å². The second-order valence-corrected chi connectivity index (χ2v) is 5.90. The lowest BCUT2D eigenvalue weighted by atomic mass is 10.2. The van der Waals surface area contributed by atoms with E-state index in [0.717, 1.165) is 12.8 Å². The van der Waals surface area contributed by atoms with Crippen LogP contribution in [0.4, 0.5) is 5.95 Å². The molecule has 0 atom stereocenters. The molecule has 3 rings (SSSR count). The van der Waals surface area contributed by atoms with E-state index in [4.69, 9.17) is 0 Å². The zero-order chi connectivity index (χ0) is 18.7. The molecule has 0 saturated carbocycles. The second-order valence-electron chi connectivity index (χ2n) is 5.90. The summed E-state index contributed by atoms with van der Waals surface area (Å²) < 4.78 is 3.01. The Hall–Kier alpha value is -3.36. The van der Waals surface area contributed by atoms with Gasteiger partial charge in [0, 0.05) is 13.6 Å². The van der Waals surface area contributed by atoms with Gasteiger partial charge in [-0.15, -0.1) is 0 Å². The molecule has 0 aliphatic heterocycles. The molecule has 3 aromatic rings. The molecule has 0 spiro atoms. The smallest absolute Gasteiger partial charge is 0.329 e. The molecule has 136 valence electrons. The van der Waals surface area contributed by atoms with Crippen LogP contribution in [0.5, 0.6) is 5.75 Å². The van der Waals surface area contributed by atoms with E-state index in [1.54, 1.807) is 35.9 Å². The number of imidazole rings is 1. The highest BCUT2D eigenvalue weighted by molar-refractivity contribution is 5.81. The Kier molecular flexibility index (Phi) is 4.87. The van der Waals surface area contributed by atoms with Gasteiger partial charge in [0.25, 0.3) is 5.56 Å². The van der Waals surface area contributed by atoms with Crippen molar-refractivity contribution >= 4 is 23.3 Å². The molecule has 9 heteroatoms. The van der Waals surface area contributed by atoms with Gasteiger partial charge in [-0.05, 0) is 24.1 Å². The van der Waals surface area contributed by atoms with E-state index in [-0.39, 0.29) is 5.75 Å². The standard InChI is InChI=1S/C17H20N6O3/c1-3-4-8-23-13-14(22(2)17(26)20-15(13)25)19-16(23)21-18-10-11-6-5-7-12(24)9-11/h5-7,9-10,24H,3-4,8H2,1-2H3,(H,19,21)(H,20,25,26)/b18-10+. The molecular weight excluding hydrogens is 336 g/mol. The lowest BCUT2D eigenvalue weighted by Crippen LogP contribution is -2.29. The Morgan fingerprint density at radius 2 is 2.19 bits per heavy atom. The molecule has 3 N–H and O–H groups in total. The number of phenols is 1. The zero-order valence-corrected chi connectivity index (χ0v) is 14.6. The van der Waals surface area contributed by atoms with Crippen LogP contribution in [0.25, 0.3) is 11.2 Å². The van der Waals surface area contributed by atoms with E-state index in [2.05, 4.69) is 20.5 Å². The first-order chi connectivity index (χ1) is 12.5. The Balaban J connectivity index is 2.01. The molecule has 0 aliphatic rings. The average molecular weight is 356 g/mol. The molecule has 0 bridgehead atoms. The van der Waals surface area contributed by atoms with E-state index in [1.807, 2.05) is 6.92 Å². The number of unbranched alkanes of at least 4 members (excludes halogenated alkanes) is 1. The predicted molar refractivity (Wildman–Crippen MR) is 99.8 cm³/mol. The van der Waals surface area contributed by atoms with Crippen LogP contribution in [0.15, 0.2) is 39.0 Å². The number of hydrogen-bond donors (Lipinski definition) is 3. The number of aromatic nitrogens is 4. The number of phenolic OH excluding ortho intramolecular Hbond substituents is 1. The summed E-state index contributed by atoms with van der Waals surface area (Å²) in [4.78, 5) is 30.7. The van der Waals surface area contributed by atoms with Crippen molar-refractivity contribution < 1.29 is 5.11 Å². The third-order valence-corrected chi connectivity index (χ3v) is 3.99. The fourth-order valence-corrected chi connectivity index (χ4v) is 2.62. The maximum atomic E-state index is 12.3. The minimum Gasteiger partial charge on any atom is -0.508 e.